The molecule has 6 nitrogen and oxygen atoms in total. The average molecular weight is 443 g/mol. The minimum atomic E-state index is -4.44. The van der Waals surface area contributed by atoms with Crippen LogP contribution in [0.25, 0.3) is 11.1 Å². The Balaban J connectivity index is 1.28. The lowest BCUT2D eigenvalue weighted by Crippen LogP contribution is -2.34. The number of urea groups is 1. The molecule has 2 aromatic carbocycles. The van der Waals surface area contributed by atoms with E-state index in [4.69, 9.17) is 0 Å². The molecule has 2 aromatic rings. The fraction of sp³-hybridized carbons (Fsp3) is 0.348. The largest absolute Gasteiger partial charge is 0.406 e. The maximum absolute atomic E-state index is 12.7. The van der Waals surface area contributed by atoms with Crippen molar-refractivity contribution in [2.75, 3.05) is 13.1 Å². The number of alkyl halides is 3. The summed E-state index contributed by atoms with van der Waals surface area (Å²) in [5.74, 6) is -0.759. The Hall–Kier alpha value is -3.36. The van der Waals surface area contributed by atoms with Gasteiger partial charge in [-0.2, -0.15) is 13.2 Å². The molecule has 1 saturated carbocycles. The first-order chi connectivity index (χ1) is 15.2. The fourth-order valence-electron chi connectivity index (χ4n) is 4.31. The molecule has 1 aliphatic carbocycles. The van der Waals surface area contributed by atoms with Crippen LogP contribution in [0.1, 0.15) is 34.3 Å². The summed E-state index contributed by atoms with van der Waals surface area (Å²) >= 11 is 0. The zero-order valence-electron chi connectivity index (χ0n) is 17.1. The van der Waals surface area contributed by atoms with Gasteiger partial charge in [-0.25, -0.2) is 4.79 Å². The summed E-state index contributed by atoms with van der Waals surface area (Å²) in [6.07, 6.45) is -2.69. The zero-order valence-corrected chi connectivity index (χ0v) is 17.1. The van der Waals surface area contributed by atoms with E-state index in [9.17, 15) is 27.6 Å². The van der Waals surface area contributed by atoms with Crippen LogP contribution in [0.4, 0.5) is 18.0 Å². The summed E-state index contributed by atoms with van der Waals surface area (Å²) in [6, 6.07) is 12.3. The van der Waals surface area contributed by atoms with E-state index in [1.54, 1.807) is 18.2 Å². The van der Waals surface area contributed by atoms with Crippen LogP contribution in [0.3, 0.4) is 0 Å². The van der Waals surface area contributed by atoms with Crippen LogP contribution in [0.2, 0.25) is 0 Å². The first-order valence-corrected chi connectivity index (χ1v) is 10.4. The monoisotopic (exact) mass is 443 g/mol. The number of fused-ring (bicyclic) bond motifs is 1. The van der Waals surface area contributed by atoms with Crippen molar-refractivity contribution in [3.8, 4) is 11.1 Å². The molecule has 3 aliphatic rings. The van der Waals surface area contributed by atoms with Gasteiger partial charge in [0.05, 0.1) is 0 Å². The van der Waals surface area contributed by atoms with Gasteiger partial charge in [0, 0.05) is 24.7 Å². The molecule has 0 atom stereocenters. The minimum absolute atomic E-state index is 0.0566. The second-order valence-corrected chi connectivity index (χ2v) is 8.48. The van der Waals surface area contributed by atoms with E-state index in [1.165, 1.54) is 9.80 Å². The highest BCUT2D eigenvalue weighted by atomic mass is 19.4. The fourth-order valence-corrected chi connectivity index (χ4v) is 4.31. The van der Waals surface area contributed by atoms with Crippen LogP contribution in [0, 0.1) is 0 Å². The summed E-state index contributed by atoms with van der Waals surface area (Å²) in [6.45, 7) is -0.911. The number of amides is 4. The smallest absolute Gasteiger partial charge is 0.325 e. The van der Waals surface area contributed by atoms with Crippen molar-refractivity contribution in [2.24, 2.45) is 0 Å². The highest BCUT2D eigenvalue weighted by Crippen LogP contribution is 2.32. The Bertz CT molecular complexity index is 1110. The Morgan fingerprint density at radius 2 is 1.56 bits per heavy atom. The number of benzene rings is 2. The maximum Gasteiger partial charge on any atom is 0.406 e. The van der Waals surface area contributed by atoms with Gasteiger partial charge in [0.2, 0.25) is 0 Å². The van der Waals surface area contributed by atoms with Gasteiger partial charge in [-0.3, -0.25) is 14.5 Å². The van der Waals surface area contributed by atoms with Crippen molar-refractivity contribution in [2.45, 2.75) is 38.1 Å². The van der Waals surface area contributed by atoms with Crippen LogP contribution in [-0.2, 0) is 17.9 Å². The molecule has 9 heteroatoms. The van der Waals surface area contributed by atoms with Crippen LogP contribution < -0.4 is 0 Å². The van der Waals surface area contributed by atoms with Gasteiger partial charge in [-0.15, -0.1) is 0 Å². The number of hydrogen-bond donors (Lipinski definition) is 0. The highest BCUT2D eigenvalue weighted by Gasteiger charge is 2.44. The van der Waals surface area contributed by atoms with Crippen LogP contribution in [0.5, 0.6) is 0 Å². The van der Waals surface area contributed by atoms with Gasteiger partial charge in [-0.05, 0) is 47.2 Å². The number of hydrogen-bond acceptors (Lipinski definition) is 3. The average Bonchev–Trinajstić information content (AvgIpc) is 3.46. The quantitative estimate of drug-likeness (QED) is 0.661. The Kier molecular flexibility index (Phi) is 4.72. The van der Waals surface area contributed by atoms with Crippen molar-refractivity contribution in [1.82, 2.24) is 14.7 Å². The van der Waals surface area contributed by atoms with Gasteiger partial charge >= 0.3 is 12.2 Å². The molecule has 2 aliphatic heterocycles. The molecule has 4 amide bonds. The molecule has 5 rings (SSSR count). The third-order valence-corrected chi connectivity index (χ3v) is 6.00. The SMILES string of the molecule is O=C1c2ccc(-c3ccc(CN4CC(=O)N(C5CC5)C4=O)cc3)cc2CN1CC(F)(F)F. The van der Waals surface area contributed by atoms with Crippen LogP contribution in [-0.4, -0.2) is 57.9 Å². The molecule has 0 aromatic heterocycles. The Labute approximate surface area is 182 Å². The summed E-state index contributed by atoms with van der Waals surface area (Å²) in [5.41, 5.74) is 3.39. The normalized spacial score (nSPS) is 18.7. The van der Waals surface area contributed by atoms with E-state index in [0.717, 1.165) is 34.4 Å². The Morgan fingerprint density at radius 3 is 2.22 bits per heavy atom. The molecule has 0 bridgehead atoms. The summed E-state index contributed by atoms with van der Waals surface area (Å²) in [7, 11) is 0. The first kappa shape index (κ1) is 20.5. The predicted molar refractivity (Wildman–Crippen MR) is 108 cm³/mol. The van der Waals surface area contributed by atoms with E-state index in [2.05, 4.69) is 0 Å². The van der Waals surface area contributed by atoms with Crippen molar-refractivity contribution in [3.63, 3.8) is 0 Å². The highest BCUT2D eigenvalue weighted by molar-refractivity contribution is 6.02. The molecular formula is C23H20F3N3O3. The number of carbonyl (C=O) groups excluding carboxylic acids is 3. The van der Waals surface area contributed by atoms with Gasteiger partial charge in [0.1, 0.15) is 13.1 Å². The number of nitrogens with zero attached hydrogens (tertiary/aromatic N) is 3. The molecule has 0 unspecified atom stereocenters. The zero-order chi connectivity index (χ0) is 22.6. The summed E-state index contributed by atoms with van der Waals surface area (Å²) < 4.78 is 38.1. The molecule has 1 saturated heterocycles. The van der Waals surface area contributed by atoms with E-state index < -0.39 is 18.6 Å². The molecule has 166 valence electrons. The van der Waals surface area contributed by atoms with Crippen molar-refractivity contribution in [1.29, 1.82) is 0 Å². The van der Waals surface area contributed by atoms with Crippen molar-refractivity contribution >= 4 is 17.8 Å². The van der Waals surface area contributed by atoms with E-state index in [1.807, 2.05) is 24.3 Å². The number of halogens is 3. The number of imide groups is 1. The lowest BCUT2D eigenvalue weighted by Gasteiger charge is -2.17. The molecule has 0 N–H and O–H groups in total. The van der Waals surface area contributed by atoms with E-state index >= 15 is 0 Å². The lowest BCUT2D eigenvalue weighted by molar-refractivity contribution is -0.141. The van der Waals surface area contributed by atoms with E-state index in [-0.39, 0.29) is 31.1 Å². The molecule has 2 fully saturated rings. The number of carbonyl (C=O) groups is 3. The Morgan fingerprint density at radius 1 is 0.875 bits per heavy atom. The van der Waals surface area contributed by atoms with Gasteiger partial charge in [-0.1, -0.05) is 30.3 Å². The molecule has 0 spiro atoms. The van der Waals surface area contributed by atoms with Crippen LogP contribution in [0.15, 0.2) is 42.5 Å². The maximum atomic E-state index is 12.7. The van der Waals surface area contributed by atoms with Crippen molar-refractivity contribution < 1.29 is 27.6 Å². The lowest BCUT2D eigenvalue weighted by atomic mass is 9.99. The summed E-state index contributed by atoms with van der Waals surface area (Å²) in [4.78, 5) is 40.5. The third kappa shape index (κ3) is 3.83. The topological polar surface area (TPSA) is 60.9 Å². The second-order valence-electron chi connectivity index (χ2n) is 8.48. The number of rotatable bonds is 5. The molecule has 32 heavy (non-hydrogen) atoms. The van der Waals surface area contributed by atoms with E-state index in [0.29, 0.717) is 17.7 Å². The summed E-state index contributed by atoms with van der Waals surface area (Å²) in [5, 5.41) is 0. The standard InChI is InChI=1S/C23H20F3N3O3/c24-23(25,26)13-28-11-17-9-16(5-8-19(17)21(28)31)15-3-1-14(2-4-15)10-27-12-20(30)29(22(27)32)18-6-7-18/h1-5,8-9,18H,6-7,10-13H2. The third-order valence-electron chi connectivity index (χ3n) is 6.00. The molecular weight excluding hydrogens is 423 g/mol. The molecule has 2 heterocycles. The van der Waals surface area contributed by atoms with Gasteiger partial charge < -0.3 is 9.80 Å². The second kappa shape index (κ2) is 7.36. The minimum Gasteiger partial charge on any atom is -0.325 e. The predicted octanol–water partition coefficient (Wildman–Crippen LogP) is 3.80. The molecule has 0 radical (unpaired) electrons. The van der Waals surface area contributed by atoms with Gasteiger partial charge in [0.25, 0.3) is 11.8 Å². The van der Waals surface area contributed by atoms with Crippen LogP contribution >= 0.6 is 0 Å². The first-order valence-electron chi connectivity index (χ1n) is 10.4. The van der Waals surface area contributed by atoms with Gasteiger partial charge in [0.15, 0.2) is 0 Å². The van der Waals surface area contributed by atoms with Crippen molar-refractivity contribution in [3.05, 3.63) is 59.2 Å².